The molecule has 0 atom stereocenters. The van der Waals surface area contributed by atoms with Crippen LogP contribution in [0.3, 0.4) is 0 Å². The van der Waals surface area contributed by atoms with Gasteiger partial charge in [-0.05, 0) is 18.6 Å². The van der Waals surface area contributed by atoms with Crippen molar-refractivity contribution < 1.29 is 49.2 Å². The zero-order valence-corrected chi connectivity index (χ0v) is 12.6. The van der Waals surface area contributed by atoms with E-state index in [0.717, 1.165) is 0 Å². The van der Waals surface area contributed by atoms with Crippen LogP contribution in [-0.4, -0.2) is 16.9 Å². The number of carboxylic acid groups (broad SMARTS) is 1. The average molecular weight is 277 g/mol. The van der Waals surface area contributed by atoms with Gasteiger partial charge in [-0.1, -0.05) is 6.92 Å². The van der Waals surface area contributed by atoms with Crippen molar-refractivity contribution in [1.82, 2.24) is 0 Å². The molecule has 8 nitrogen and oxygen atoms in total. The van der Waals surface area contributed by atoms with E-state index in [-0.39, 0.29) is 41.7 Å². The van der Waals surface area contributed by atoms with Gasteiger partial charge < -0.3 is 21.0 Å². The number of hydrogen-bond donors (Lipinski definition) is 2. The molecular weight excluding hydrogens is 265 g/mol. The molecule has 0 spiro atoms. The number of nitro groups is 1. The molecular formula is C10H12N3NaO5. The topological polar surface area (TPSA) is 138 Å². The minimum atomic E-state index is -0.995. The van der Waals surface area contributed by atoms with E-state index in [1.54, 1.807) is 0 Å². The summed E-state index contributed by atoms with van der Waals surface area (Å²) in [7, 11) is 0. The summed E-state index contributed by atoms with van der Waals surface area (Å²) < 4.78 is 0. The zero-order chi connectivity index (χ0) is 14.1. The van der Waals surface area contributed by atoms with Crippen LogP contribution >= 0.6 is 0 Å². The zero-order valence-electron chi connectivity index (χ0n) is 10.6. The van der Waals surface area contributed by atoms with Crippen LogP contribution < -0.4 is 45.7 Å². The van der Waals surface area contributed by atoms with Crippen LogP contribution in [0, 0.1) is 10.1 Å². The minimum Gasteiger partial charge on any atom is -0.550 e. The maximum atomic E-state index is 10.4. The SMILES string of the molecule is CCC(=O)[O-].NC(=O)Nc1ccc([N+](=O)[O-])cc1.[Na+]. The van der Waals surface area contributed by atoms with Crippen molar-refractivity contribution in [2.75, 3.05) is 5.32 Å². The molecule has 0 unspecified atom stereocenters. The Hall–Kier alpha value is -1.64. The molecule has 0 radical (unpaired) electrons. The number of urea groups is 1. The molecule has 0 aromatic heterocycles. The maximum absolute atomic E-state index is 10.4. The molecule has 0 aliphatic carbocycles. The molecule has 0 aliphatic heterocycles. The monoisotopic (exact) mass is 277 g/mol. The number of carboxylic acids is 1. The largest absolute Gasteiger partial charge is 1.00 e. The molecule has 19 heavy (non-hydrogen) atoms. The number of nitrogens with two attached hydrogens (primary N) is 1. The average Bonchev–Trinajstić information content (AvgIpc) is 2.29. The number of aliphatic carboxylic acids is 1. The number of nitrogens with one attached hydrogen (secondary N) is 1. The molecule has 0 bridgehead atoms. The number of carbonyl (C=O) groups excluding carboxylic acids is 2. The number of nitrogens with zero attached hydrogens (tertiary/aromatic N) is 1. The Kier molecular flexibility index (Phi) is 10.7. The van der Waals surface area contributed by atoms with Gasteiger partial charge >= 0.3 is 35.6 Å². The Bertz CT molecular complexity index is 435. The molecule has 0 aliphatic rings. The summed E-state index contributed by atoms with van der Waals surface area (Å²) in [5, 5.41) is 21.8. The number of primary amides is 1. The van der Waals surface area contributed by atoms with Crippen molar-refractivity contribution >= 4 is 23.4 Å². The van der Waals surface area contributed by atoms with Crippen molar-refractivity contribution in [2.45, 2.75) is 13.3 Å². The van der Waals surface area contributed by atoms with Crippen LogP contribution in [-0.2, 0) is 4.79 Å². The number of anilines is 1. The molecule has 98 valence electrons. The van der Waals surface area contributed by atoms with Gasteiger partial charge in [-0.3, -0.25) is 10.1 Å². The number of benzene rings is 1. The standard InChI is InChI=1S/C7H7N3O3.C3H6O2.Na/c8-7(11)9-5-1-3-6(4-2-5)10(12)13;1-2-3(4)5;/h1-4H,(H3,8,9,11);2H2,1H3,(H,4,5);/q;;+1/p-1. The third-order valence-electron chi connectivity index (χ3n) is 1.63. The fraction of sp³-hybridized carbons (Fsp3) is 0.200. The number of amides is 2. The van der Waals surface area contributed by atoms with Crippen molar-refractivity contribution in [3.8, 4) is 0 Å². The second-order valence-electron chi connectivity index (χ2n) is 3.02. The molecule has 3 N–H and O–H groups in total. The predicted molar refractivity (Wildman–Crippen MR) is 61.6 cm³/mol. The van der Waals surface area contributed by atoms with Crippen LogP contribution in [0.4, 0.5) is 16.2 Å². The van der Waals surface area contributed by atoms with Gasteiger partial charge in [0.1, 0.15) is 0 Å². The molecule has 2 amide bonds. The van der Waals surface area contributed by atoms with Crippen LogP contribution in [0.1, 0.15) is 13.3 Å². The number of rotatable bonds is 3. The number of hydrogen-bond acceptors (Lipinski definition) is 5. The fourth-order valence-electron chi connectivity index (χ4n) is 0.809. The predicted octanol–water partition coefficient (Wildman–Crippen LogP) is -2.76. The van der Waals surface area contributed by atoms with Gasteiger partial charge in [-0.2, -0.15) is 0 Å². The van der Waals surface area contributed by atoms with Crippen molar-refractivity contribution in [2.24, 2.45) is 5.73 Å². The van der Waals surface area contributed by atoms with E-state index in [1.165, 1.54) is 31.2 Å². The summed E-state index contributed by atoms with van der Waals surface area (Å²) in [4.78, 5) is 29.3. The molecule has 0 saturated carbocycles. The van der Waals surface area contributed by atoms with Gasteiger partial charge in [0.2, 0.25) is 0 Å². The fourth-order valence-corrected chi connectivity index (χ4v) is 0.809. The first-order chi connectivity index (χ1) is 8.36. The first-order valence-electron chi connectivity index (χ1n) is 4.87. The summed E-state index contributed by atoms with van der Waals surface area (Å²) in [5.41, 5.74) is 5.23. The molecule has 0 fully saturated rings. The first kappa shape index (κ1) is 19.7. The molecule has 0 saturated heterocycles. The van der Waals surface area contributed by atoms with Gasteiger partial charge in [0.25, 0.3) is 5.69 Å². The summed E-state index contributed by atoms with van der Waals surface area (Å²) in [6.45, 7) is 1.54. The van der Waals surface area contributed by atoms with Crippen molar-refractivity contribution in [1.29, 1.82) is 0 Å². The van der Waals surface area contributed by atoms with E-state index < -0.39 is 16.9 Å². The van der Waals surface area contributed by atoms with E-state index in [9.17, 15) is 24.8 Å². The molecule has 1 rings (SSSR count). The first-order valence-corrected chi connectivity index (χ1v) is 4.87. The number of carbonyl (C=O) groups is 2. The van der Waals surface area contributed by atoms with Crippen LogP contribution in [0.2, 0.25) is 0 Å². The molecule has 1 aromatic rings. The van der Waals surface area contributed by atoms with E-state index in [4.69, 9.17) is 5.73 Å². The van der Waals surface area contributed by atoms with E-state index in [0.29, 0.717) is 5.69 Å². The third-order valence-corrected chi connectivity index (χ3v) is 1.63. The summed E-state index contributed by atoms with van der Waals surface area (Å²) in [6.07, 6.45) is 0.111. The normalized spacial score (nSPS) is 8.26. The van der Waals surface area contributed by atoms with Crippen molar-refractivity contribution in [3.05, 3.63) is 34.4 Å². The van der Waals surface area contributed by atoms with E-state index in [2.05, 4.69) is 5.32 Å². The maximum Gasteiger partial charge on any atom is 1.00 e. The van der Waals surface area contributed by atoms with Gasteiger partial charge in [0.15, 0.2) is 0 Å². The Morgan fingerprint density at radius 1 is 1.32 bits per heavy atom. The Morgan fingerprint density at radius 2 is 1.74 bits per heavy atom. The third kappa shape index (κ3) is 10.0. The van der Waals surface area contributed by atoms with Gasteiger partial charge in [0.05, 0.1) is 4.92 Å². The molecule has 0 heterocycles. The minimum absolute atomic E-state index is 0. The molecule has 9 heteroatoms. The van der Waals surface area contributed by atoms with Crippen LogP contribution in [0.25, 0.3) is 0 Å². The molecule has 1 aromatic carbocycles. The van der Waals surface area contributed by atoms with E-state index in [1.807, 2.05) is 0 Å². The van der Waals surface area contributed by atoms with Gasteiger partial charge in [0, 0.05) is 23.8 Å². The quantitative estimate of drug-likeness (QED) is 0.350. The van der Waals surface area contributed by atoms with E-state index >= 15 is 0 Å². The second kappa shape index (κ2) is 10.3. The summed E-state index contributed by atoms with van der Waals surface area (Å²) in [5.74, 6) is -0.995. The van der Waals surface area contributed by atoms with Gasteiger partial charge in [-0.15, -0.1) is 0 Å². The Labute approximate surface area is 131 Å². The Morgan fingerprint density at radius 3 is 2.00 bits per heavy atom. The number of nitro benzene ring substituents is 1. The summed E-state index contributed by atoms with van der Waals surface area (Å²) >= 11 is 0. The van der Waals surface area contributed by atoms with Gasteiger partial charge in [-0.25, -0.2) is 4.79 Å². The smallest absolute Gasteiger partial charge is 0.550 e. The Balaban J connectivity index is 0. The van der Waals surface area contributed by atoms with Crippen molar-refractivity contribution in [3.63, 3.8) is 0 Å². The summed E-state index contributed by atoms with van der Waals surface area (Å²) in [6, 6.07) is 4.68. The van der Waals surface area contributed by atoms with Crippen LogP contribution in [0.15, 0.2) is 24.3 Å². The second-order valence-corrected chi connectivity index (χ2v) is 3.02. The number of non-ortho nitro benzene ring substituents is 1. The van der Waals surface area contributed by atoms with Crippen LogP contribution in [0.5, 0.6) is 0 Å².